The molecule has 0 atom stereocenters. The van der Waals surface area contributed by atoms with Gasteiger partial charge in [-0.1, -0.05) is 6.07 Å². The van der Waals surface area contributed by atoms with E-state index < -0.39 is 0 Å². The molecule has 0 saturated heterocycles. The average Bonchev–Trinajstić information content (AvgIpc) is 2.44. The first kappa shape index (κ1) is 14.9. The summed E-state index contributed by atoms with van der Waals surface area (Å²) in [6, 6.07) is 11.1. The highest BCUT2D eigenvalue weighted by Crippen LogP contribution is 2.25. The van der Waals surface area contributed by atoms with E-state index in [0.29, 0.717) is 17.0 Å². The summed E-state index contributed by atoms with van der Waals surface area (Å²) in [7, 11) is 3.29. The number of nitrogens with zero attached hydrogens (tertiary/aromatic N) is 1. The quantitative estimate of drug-likeness (QED) is 0.881. The van der Waals surface area contributed by atoms with Gasteiger partial charge in [0.15, 0.2) is 0 Å². The fraction of sp³-hybridized carbons (Fsp3) is 0.235. The molecular formula is C17H20N2O2. The fourth-order valence-corrected chi connectivity index (χ4v) is 2.33. The van der Waals surface area contributed by atoms with E-state index in [1.54, 1.807) is 30.1 Å². The minimum atomic E-state index is -0.128. The van der Waals surface area contributed by atoms with Crippen molar-refractivity contribution in [1.82, 2.24) is 0 Å². The van der Waals surface area contributed by atoms with Crippen LogP contribution in [-0.4, -0.2) is 20.1 Å². The van der Waals surface area contributed by atoms with Gasteiger partial charge in [-0.3, -0.25) is 4.79 Å². The van der Waals surface area contributed by atoms with Crippen molar-refractivity contribution in [2.45, 2.75) is 13.8 Å². The average molecular weight is 284 g/mol. The largest absolute Gasteiger partial charge is 0.496 e. The maximum absolute atomic E-state index is 12.7. The molecule has 4 heteroatoms. The van der Waals surface area contributed by atoms with Crippen LogP contribution in [0.25, 0.3) is 0 Å². The predicted molar refractivity (Wildman–Crippen MR) is 86.1 cm³/mol. The fourth-order valence-electron chi connectivity index (χ4n) is 2.33. The van der Waals surface area contributed by atoms with Gasteiger partial charge in [0.25, 0.3) is 5.91 Å². The number of amides is 1. The number of hydrogen-bond acceptors (Lipinski definition) is 3. The topological polar surface area (TPSA) is 55.6 Å². The molecule has 0 aliphatic rings. The number of methoxy groups -OCH3 is 1. The van der Waals surface area contributed by atoms with E-state index in [1.807, 2.05) is 26.0 Å². The van der Waals surface area contributed by atoms with Crippen LogP contribution in [0, 0.1) is 13.8 Å². The molecule has 0 unspecified atom stereocenters. The SMILES string of the molecule is COc1cc(N)ccc1C(=O)N(C)c1cc(C)cc(C)c1. The number of ether oxygens (including phenoxy) is 1. The summed E-state index contributed by atoms with van der Waals surface area (Å²) in [6.45, 7) is 4.03. The highest BCUT2D eigenvalue weighted by atomic mass is 16.5. The third-order valence-corrected chi connectivity index (χ3v) is 3.35. The molecule has 1 amide bonds. The Morgan fingerprint density at radius 2 is 1.71 bits per heavy atom. The minimum Gasteiger partial charge on any atom is -0.496 e. The van der Waals surface area contributed by atoms with E-state index in [0.717, 1.165) is 16.8 Å². The molecule has 110 valence electrons. The highest BCUT2D eigenvalue weighted by molar-refractivity contribution is 6.07. The number of anilines is 2. The molecule has 21 heavy (non-hydrogen) atoms. The van der Waals surface area contributed by atoms with Crippen molar-refractivity contribution in [3.05, 3.63) is 53.1 Å². The Morgan fingerprint density at radius 3 is 2.29 bits per heavy atom. The van der Waals surface area contributed by atoms with Crippen LogP contribution in [0.1, 0.15) is 21.5 Å². The lowest BCUT2D eigenvalue weighted by atomic mass is 10.1. The molecule has 2 rings (SSSR count). The van der Waals surface area contributed by atoms with Crippen LogP contribution in [0.4, 0.5) is 11.4 Å². The van der Waals surface area contributed by atoms with Crippen LogP contribution >= 0.6 is 0 Å². The molecule has 0 spiro atoms. The number of rotatable bonds is 3. The lowest BCUT2D eigenvalue weighted by Gasteiger charge is -2.20. The summed E-state index contributed by atoms with van der Waals surface area (Å²) < 4.78 is 5.25. The van der Waals surface area contributed by atoms with Crippen molar-refractivity contribution in [3.63, 3.8) is 0 Å². The Kier molecular flexibility index (Phi) is 4.17. The van der Waals surface area contributed by atoms with Crippen molar-refractivity contribution < 1.29 is 9.53 Å². The molecule has 0 fully saturated rings. The van der Waals surface area contributed by atoms with Crippen LogP contribution in [0.5, 0.6) is 5.75 Å². The van der Waals surface area contributed by atoms with Crippen molar-refractivity contribution >= 4 is 17.3 Å². The summed E-state index contributed by atoms with van der Waals surface area (Å²) >= 11 is 0. The molecule has 0 aliphatic carbocycles. The summed E-state index contributed by atoms with van der Waals surface area (Å²) in [5.41, 5.74) is 9.88. The number of carbonyl (C=O) groups excluding carboxylic acids is 1. The second-order valence-electron chi connectivity index (χ2n) is 5.17. The van der Waals surface area contributed by atoms with Gasteiger partial charge in [-0.2, -0.15) is 0 Å². The zero-order chi connectivity index (χ0) is 15.6. The zero-order valence-corrected chi connectivity index (χ0v) is 12.8. The van der Waals surface area contributed by atoms with Crippen LogP contribution in [0.3, 0.4) is 0 Å². The summed E-state index contributed by atoms with van der Waals surface area (Å²) in [5.74, 6) is 0.355. The molecule has 0 aromatic heterocycles. The number of carbonyl (C=O) groups is 1. The second kappa shape index (κ2) is 5.87. The monoisotopic (exact) mass is 284 g/mol. The van der Waals surface area contributed by atoms with Gasteiger partial charge in [-0.15, -0.1) is 0 Å². The van der Waals surface area contributed by atoms with Crippen molar-refractivity contribution in [2.24, 2.45) is 0 Å². The lowest BCUT2D eigenvalue weighted by Crippen LogP contribution is -2.26. The molecule has 0 bridgehead atoms. The van der Waals surface area contributed by atoms with Gasteiger partial charge in [0.05, 0.1) is 12.7 Å². The third kappa shape index (κ3) is 3.16. The molecule has 0 aliphatic heterocycles. The second-order valence-corrected chi connectivity index (χ2v) is 5.17. The highest BCUT2D eigenvalue weighted by Gasteiger charge is 2.18. The number of nitrogen functional groups attached to an aromatic ring is 1. The van der Waals surface area contributed by atoms with Crippen LogP contribution in [0.2, 0.25) is 0 Å². The number of benzene rings is 2. The molecule has 2 aromatic carbocycles. The van der Waals surface area contributed by atoms with Gasteiger partial charge < -0.3 is 15.4 Å². The van der Waals surface area contributed by atoms with Gasteiger partial charge in [-0.25, -0.2) is 0 Å². The van der Waals surface area contributed by atoms with Crippen LogP contribution in [0.15, 0.2) is 36.4 Å². The molecule has 0 heterocycles. The zero-order valence-electron chi connectivity index (χ0n) is 12.8. The van der Waals surface area contributed by atoms with Crippen molar-refractivity contribution in [2.75, 3.05) is 24.8 Å². The molecular weight excluding hydrogens is 264 g/mol. The van der Waals surface area contributed by atoms with Gasteiger partial charge in [-0.05, 0) is 49.2 Å². The first-order chi connectivity index (χ1) is 9.92. The Bertz CT molecular complexity index is 660. The molecule has 0 radical (unpaired) electrons. The lowest BCUT2D eigenvalue weighted by molar-refractivity contribution is 0.0990. The van der Waals surface area contributed by atoms with E-state index in [2.05, 4.69) is 6.07 Å². The van der Waals surface area contributed by atoms with Crippen molar-refractivity contribution in [3.8, 4) is 5.75 Å². The molecule has 2 aromatic rings. The van der Waals surface area contributed by atoms with Crippen molar-refractivity contribution in [1.29, 1.82) is 0 Å². The number of hydrogen-bond donors (Lipinski definition) is 1. The predicted octanol–water partition coefficient (Wildman–Crippen LogP) is 3.17. The third-order valence-electron chi connectivity index (χ3n) is 3.35. The van der Waals surface area contributed by atoms with E-state index in [4.69, 9.17) is 10.5 Å². The van der Waals surface area contributed by atoms with E-state index in [9.17, 15) is 4.79 Å². The van der Waals surface area contributed by atoms with Gasteiger partial charge in [0, 0.05) is 24.5 Å². The molecule has 0 saturated carbocycles. The number of nitrogens with two attached hydrogens (primary N) is 1. The van der Waals surface area contributed by atoms with Crippen LogP contribution in [-0.2, 0) is 0 Å². The minimum absolute atomic E-state index is 0.128. The smallest absolute Gasteiger partial charge is 0.261 e. The van der Waals surface area contributed by atoms with Crippen LogP contribution < -0.4 is 15.4 Å². The Balaban J connectivity index is 2.39. The summed E-state index contributed by atoms with van der Waals surface area (Å²) in [4.78, 5) is 14.3. The van der Waals surface area contributed by atoms with E-state index in [1.165, 1.54) is 7.11 Å². The first-order valence-electron chi connectivity index (χ1n) is 6.72. The molecule has 2 N–H and O–H groups in total. The summed E-state index contributed by atoms with van der Waals surface area (Å²) in [6.07, 6.45) is 0. The van der Waals surface area contributed by atoms with E-state index in [-0.39, 0.29) is 5.91 Å². The van der Waals surface area contributed by atoms with E-state index >= 15 is 0 Å². The first-order valence-corrected chi connectivity index (χ1v) is 6.72. The molecule has 4 nitrogen and oxygen atoms in total. The maximum Gasteiger partial charge on any atom is 0.261 e. The maximum atomic E-state index is 12.7. The Morgan fingerprint density at radius 1 is 1.10 bits per heavy atom. The van der Waals surface area contributed by atoms with Gasteiger partial charge in [0.2, 0.25) is 0 Å². The Labute approximate surface area is 125 Å². The van der Waals surface area contributed by atoms with Gasteiger partial charge >= 0.3 is 0 Å². The number of aryl methyl sites for hydroxylation is 2. The Hall–Kier alpha value is -2.49. The summed E-state index contributed by atoms with van der Waals surface area (Å²) in [5, 5.41) is 0. The van der Waals surface area contributed by atoms with Gasteiger partial charge in [0.1, 0.15) is 5.75 Å². The standard InChI is InChI=1S/C17H20N2O2/c1-11-7-12(2)9-14(8-11)19(3)17(20)15-6-5-13(18)10-16(15)21-4/h5-10H,18H2,1-4H3. The normalized spacial score (nSPS) is 10.3.